The summed E-state index contributed by atoms with van der Waals surface area (Å²) >= 11 is 0.921. The standard InChI is InChI=1S/C15H12F3N3O2S/c16-15(17,18)10-4-2-1-3-7(10)8-5-9(8)13(23)21-14-20-6-11(24-14)12(19)22/h1-4,6,8-9H,5H2,(H2,19,22)(H,20,21,23). The molecule has 1 aliphatic carbocycles. The first-order valence-corrected chi connectivity index (χ1v) is 7.81. The Hall–Kier alpha value is -2.42. The maximum absolute atomic E-state index is 13.0. The third-order valence-electron chi connectivity index (χ3n) is 3.77. The lowest BCUT2D eigenvalue weighted by atomic mass is 10.0. The van der Waals surface area contributed by atoms with Gasteiger partial charge in [0.05, 0.1) is 11.8 Å². The lowest BCUT2D eigenvalue weighted by Gasteiger charge is -2.12. The zero-order chi connectivity index (χ0) is 17.5. The number of thiazole rings is 1. The van der Waals surface area contributed by atoms with Crippen molar-refractivity contribution in [3.05, 3.63) is 46.5 Å². The SMILES string of the molecule is NC(=O)c1cnc(NC(=O)C2CC2c2ccccc2C(F)(F)F)s1. The summed E-state index contributed by atoms with van der Waals surface area (Å²) in [5.74, 6) is -2.09. The van der Waals surface area contributed by atoms with Crippen LogP contribution in [0.25, 0.3) is 0 Å². The fourth-order valence-corrected chi connectivity index (χ4v) is 3.22. The molecule has 3 rings (SSSR count). The van der Waals surface area contributed by atoms with Gasteiger partial charge in [-0.3, -0.25) is 9.59 Å². The number of hydrogen-bond donors (Lipinski definition) is 2. The summed E-state index contributed by atoms with van der Waals surface area (Å²) < 4.78 is 39.1. The normalized spacial score (nSPS) is 19.8. The van der Waals surface area contributed by atoms with Gasteiger partial charge in [0.2, 0.25) is 5.91 Å². The summed E-state index contributed by atoms with van der Waals surface area (Å²) in [6.07, 6.45) is -2.87. The minimum absolute atomic E-state index is 0.127. The number of primary amides is 1. The van der Waals surface area contributed by atoms with E-state index >= 15 is 0 Å². The number of rotatable bonds is 4. The Labute approximate surface area is 138 Å². The van der Waals surface area contributed by atoms with Crippen molar-refractivity contribution in [3.63, 3.8) is 0 Å². The molecule has 2 amide bonds. The second-order valence-corrected chi connectivity index (χ2v) is 6.45. The lowest BCUT2D eigenvalue weighted by molar-refractivity contribution is -0.138. The quantitative estimate of drug-likeness (QED) is 0.884. The first kappa shape index (κ1) is 16.4. The van der Waals surface area contributed by atoms with Crippen LogP contribution in [0.2, 0.25) is 0 Å². The Morgan fingerprint density at radius 3 is 2.62 bits per heavy atom. The zero-order valence-corrected chi connectivity index (χ0v) is 12.9. The predicted molar refractivity (Wildman–Crippen MR) is 81.6 cm³/mol. The molecule has 0 radical (unpaired) electrons. The number of nitrogens with zero attached hydrogens (tertiary/aromatic N) is 1. The lowest BCUT2D eigenvalue weighted by Crippen LogP contribution is -2.15. The molecule has 126 valence electrons. The van der Waals surface area contributed by atoms with Crippen LogP contribution in [-0.4, -0.2) is 16.8 Å². The molecule has 1 aromatic carbocycles. The van der Waals surface area contributed by atoms with E-state index in [0.717, 1.165) is 17.4 Å². The van der Waals surface area contributed by atoms with E-state index in [2.05, 4.69) is 10.3 Å². The number of carbonyl (C=O) groups excluding carboxylic acids is 2. The van der Waals surface area contributed by atoms with Crippen molar-refractivity contribution in [1.82, 2.24) is 4.98 Å². The van der Waals surface area contributed by atoms with Gasteiger partial charge in [0.25, 0.3) is 5.91 Å². The molecule has 3 N–H and O–H groups in total. The van der Waals surface area contributed by atoms with Crippen LogP contribution in [0.5, 0.6) is 0 Å². The van der Waals surface area contributed by atoms with Crippen LogP contribution in [0.4, 0.5) is 18.3 Å². The van der Waals surface area contributed by atoms with Crippen molar-refractivity contribution in [2.24, 2.45) is 11.7 Å². The van der Waals surface area contributed by atoms with Crippen LogP contribution in [0.1, 0.15) is 33.1 Å². The third-order valence-corrected chi connectivity index (χ3v) is 4.70. The van der Waals surface area contributed by atoms with E-state index < -0.39 is 35.4 Å². The summed E-state index contributed by atoms with van der Waals surface area (Å²) in [7, 11) is 0. The molecule has 1 aromatic heterocycles. The Balaban J connectivity index is 1.71. The average Bonchev–Trinajstić information content (AvgIpc) is 3.18. The van der Waals surface area contributed by atoms with Gasteiger partial charge in [0.1, 0.15) is 4.88 Å². The second-order valence-electron chi connectivity index (χ2n) is 5.42. The van der Waals surface area contributed by atoms with Crippen LogP contribution < -0.4 is 11.1 Å². The maximum Gasteiger partial charge on any atom is 0.416 e. The highest BCUT2D eigenvalue weighted by Gasteiger charge is 2.48. The van der Waals surface area contributed by atoms with E-state index in [1.807, 2.05) is 0 Å². The van der Waals surface area contributed by atoms with Gasteiger partial charge >= 0.3 is 6.18 Å². The molecule has 9 heteroatoms. The van der Waals surface area contributed by atoms with E-state index in [4.69, 9.17) is 5.73 Å². The first-order valence-electron chi connectivity index (χ1n) is 7.00. The van der Waals surface area contributed by atoms with Gasteiger partial charge in [-0.05, 0) is 24.0 Å². The van der Waals surface area contributed by atoms with Gasteiger partial charge in [0.15, 0.2) is 5.13 Å². The molecule has 0 saturated heterocycles. The average molecular weight is 355 g/mol. The number of alkyl halides is 3. The highest BCUT2D eigenvalue weighted by atomic mass is 32.1. The molecule has 5 nitrogen and oxygen atoms in total. The van der Waals surface area contributed by atoms with Crippen molar-refractivity contribution in [2.45, 2.75) is 18.5 Å². The number of halogens is 3. The highest BCUT2D eigenvalue weighted by Crippen LogP contribution is 2.51. The molecule has 2 unspecified atom stereocenters. The number of nitrogens with two attached hydrogens (primary N) is 1. The van der Waals surface area contributed by atoms with E-state index in [-0.39, 0.29) is 15.6 Å². The number of carbonyl (C=O) groups is 2. The molecule has 1 heterocycles. The van der Waals surface area contributed by atoms with Crippen molar-refractivity contribution < 1.29 is 22.8 Å². The fourth-order valence-electron chi connectivity index (χ4n) is 2.55. The van der Waals surface area contributed by atoms with Crippen molar-refractivity contribution >= 4 is 28.3 Å². The molecule has 24 heavy (non-hydrogen) atoms. The van der Waals surface area contributed by atoms with Gasteiger partial charge in [-0.15, -0.1) is 0 Å². The maximum atomic E-state index is 13.0. The summed E-state index contributed by atoms with van der Waals surface area (Å²) in [4.78, 5) is 27.2. The summed E-state index contributed by atoms with van der Waals surface area (Å²) in [6.45, 7) is 0. The monoisotopic (exact) mass is 355 g/mol. The van der Waals surface area contributed by atoms with Crippen molar-refractivity contribution in [3.8, 4) is 0 Å². The molecular formula is C15H12F3N3O2S. The number of hydrogen-bond acceptors (Lipinski definition) is 4. The van der Waals surface area contributed by atoms with E-state index in [1.54, 1.807) is 0 Å². The number of anilines is 1. The molecule has 2 aromatic rings. The van der Waals surface area contributed by atoms with Gasteiger partial charge in [0, 0.05) is 5.92 Å². The third kappa shape index (κ3) is 3.25. The number of benzene rings is 1. The minimum atomic E-state index is -4.45. The van der Waals surface area contributed by atoms with Crippen LogP contribution >= 0.6 is 11.3 Å². The fraction of sp³-hybridized carbons (Fsp3) is 0.267. The topological polar surface area (TPSA) is 85.1 Å². The Kier molecular flexibility index (Phi) is 4.04. The molecule has 0 aliphatic heterocycles. The second kappa shape index (κ2) is 5.90. The van der Waals surface area contributed by atoms with Gasteiger partial charge in [-0.2, -0.15) is 13.2 Å². The van der Waals surface area contributed by atoms with E-state index in [9.17, 15) is 22.8 Å². The van der Waals surface area contributed by atoms with E-state index in [1.165, 1.54) is 24.4 Å². The first-order chi connectivity index (χ1) is 11.3. The molecule has 0 spiro atoms. The summed E-state index contributed by atoms with van der Waals surface area (Å²) in [5, 5.41) is 2.71. The zero-order valence-electron chi connectivity index (χ0n) is 12.1. The van der Waals surface area contributed by atoms with Crippen LogP contribution in [0.15, 0.2) is 30.5 Å². The van der Waals surface area contributed by atoms with Crippen LogP contribution in [0, 0.1) is 5.92 Å². The smallest absolute Gasteiger partial charge is 0.365 e. The number of aromatic nitrogens is 1. The highest BCUT2D eigenvalue weighted by molar-refractivity contribution is 7.17. The van der Waals surface area contributed by atoms with Crippen molar-refractivity contribution in [2.75, 3.05) is 5.32 Å². The Morgan fingerprint density at radius 1 is 1.29 bits per heavy atom. The molecule has 1 aliphatic rings. The molecule has 1 saturated carbocycles. The summed E-state index contributed by atoms with van der Waals surface area (Å²) in [5.41, 5.74) is 4.51. The van der Waals surface area contributed by atoms with Crippen LogP contribution in [0.3, 0.4) is 0 Å². The number of nitrogens with one attached hydrogen (secondary N) is 1. The van der Waals surface area contributed by atoms with Gasteiger partial charge in [-0.1, -0.05) is 29.5 Å². The molecule has 1 fully saturated rings. The van der Waals surface area contributed by atoms with Gasteiger partial charge in [-0.25, -0.2) is 4.98 Å². The molecular weight excluding hydrogens is 343 g/mol. The molecule has 2 atom stereocenters. The predicted octanol–water partition coefficient (Wildman–Crippen LogP) is 3.00. The van der Waals surface area contributed by atoms with Gasteiger partial charge < -0.3 is 11.1 Å². The largest absolute Gasteiger partial charge is 0.416 e. The number of amides is 2. The summed E-state index contributed by atoms with van der Waals surface area (Å²) in [6, 6.07) is 5.26. The van der Waals surface area contributed by atoms with E-state index in [0.29, 0.717) is 6.42 Å². The minimum Gasteiger partial charge on any atom is -0.365 e. The molecule has 0 bridgehead atoms. The van der Waals surface area contributed by atoms with Crippen molar-refractivity contribution in [1.29, 1.82) is 0 Å². The van der Waals surface area contributed by atoms with Crippen LogP contribution in [-0.2, 0) is 11.0 Å². The Bertz CT molecular complexity index is 803. The Morgan fingerprint density at radius 2 is 2.00 bits per heavy atom.